The topological polar surface area (TPSA) is 58.0 Å². The predicted molar refractivity (Wildman–Crippen MR) is 104 cm³/mol. The normalized spacial score (nSPS) is 11.5. The second kappa shape index (κ2) is 7.09. The molecule has 1 heterocycles. The van der Waals surface area contributed by atoms with Gasteiger partial charge in [-0.2, -0.15) is 0 Å². The number of aromatic amines is 1. The lowest BCUT2D eigenvalue weighted by atomic mass is 10.1. The third-order valence-electron chi connectivity index (χ3n) is 3.80. The summed E-state index contributed by atoms with van der Waals surface area (Å²) in [4.78, 5) is 14.9. The van der Waals surface area contributed by atoms with Crippen molar-refractivity contribution in [3.8, 4) is 11.6 Å². The van der Waals surface area contributed by atoms with E-state index in [2.05, 4.69) is 4.98 Å². The number of nitrogens with zero attached hydrogens (tertiary/aromatic N) is 1. The van der Waals surface area contributed by atoms with Gasteiger partial charge in [0.15, 0.2) is 4.77 Å². The van der Waals surface area contributed by atoms with E-state index in [-0.39, 0.29) is 16.2 Å². The van der Waals surface area contributed by atoms with E-state index in [1.807, 2.05) is 37.3 Å². The molecule has 0 saturated heterocycles. The molecule has 6 heteroatoms. The number of nitrogens with one attached hydrogen (secondary N) is 1. The first-order chi connectivity index (χ1) is 12.0. The largest absolute Gasteiger partial charge is 0.494 e. The summed E-state index contributed by atoms with van der Waals surface area (Å²) in [5.41, 5.74) is 2.12. The smallest absolute Gasteiger partial charge is 0.262 e. The minimum absolute atomic E-state index is 0.110. The summed E-state index contributed by atoms with van der Waals surface area (Å²) in [5.74, 6) is -0.216. The highest BCUT2D eigenvalue weighted by Crippen LogP contribution is 2.24. The van der Waals surface area contributed by atoms with Gasteiger partial charge in [0.1, 0.15) is 5.56 Å². The van der Waals surface area contributed by atoms with E-state index in [1.165, 1.54) is 4.57 Å². The molecule has 3 aromatic rings. The maximum atomic E-state index is 12.3. The van der Waals surface area contributed by atoms with Crippen LogP contribution in [0.5, 0.6) is 5.88 Å². The van der Waals surface area contributed by atoms with Gasteiger partial charge in [-0.25, -0.2) is 0 Å². The Bertz CT molecular complexity index is 1050. The number of hydrogen-bond donors (Lipinski definition) is 2. The quantitative estimate of drug-likeness (QED) is 0.650. The number of aromatic hydroxyl groups is 1. The molecule has 25 heavy (non-hydrogen) atoms. The number of halogens is 1. The van der Waals surface area contributed by atoms with E-state index in [0.29, 0.717) is 10.7 Å². The molecule has 0 aliphatic carbocycles. The van der Waals surface area contributed by atoms with Crippen LogP contribution in [0.2, 0.25) is 5.02 Å². The van der Waals surface area contributed by atoms with Crippen molar-refractivity contribution in [1.82, 2.24) is 9.55 Å². The molecule has 0 saturated carbocycles. The number of benzene rings is 2. The van der Waals surface area contributed by atoms with Crippen molar-refractivity contribution in [3.63, 3.8) is 0 Å². The van der Waals surface area contributed by atoms with Gasteiger partial charge in [-0.3, -0.25) is 14.3 Å². The van der Waals surface area contributed by atoms with Crippen molar-refractivity contribution in [2.75, 3.05) is 0 Å². The molecule has 0 unspecified atom stereocenters. The van der Waals surface area contributed by atoms with Crippen molar-refractivity contribution in [2.45, 2.75) is 6.92 Å². The van der Waals surface area contributed by atoms with Crippen molar-refractivity contribution >= 4 is 35.5 Å². The van der Waals surface area contributed by atoms with Crippen molar-refractivity contribution in [2.24, 2.45) is 0 Å². The summed E-state index contributed by atoms with van der Waals surface area (Å²) in [6.07, 6.45) is 1.64. The molecule has 3 rings (SSSR count). The van der Waals surface area contributed by atoms with Crippen LogP contribution in [0.15, 0.2) is 59.4 Å². The average Bonchev–Trinajstić information content (AvgIpc) is 2.60. The van der Waals surface area contributed by atoms with Crippen LogP contribution in [0.3, 0.4) is 0 Å². The molecule has 0 amide bonds. The zero-order valence-electron chi connectivity index (χ0n) is 13.4. The Balaban J connectivity index is 2.19. The van der Waals surface area contributed by atoms with Gasteiger partial charge < -0.3 is 5.11 Å². The summed E-state index contributed by atoms with van der Waals surface area (Å²) in [7, 11) is 0. The standard InChI is InChI=1S/C19H15ClN2O2S/c1-12(13-5-3-2-4-6-13)11-16-17(23)21-19(25)22(18(16)24)15-9-7-14(20)8-10-15/h2-11,24H,1H3,(H,21,23,25). The molecule has 0 aliphatic heterocycles. The SMILES string of the molecule is CC(=Cc1c(O)n(-c2ccc(Cl)cc2)c(=S)[nH]c1=O)c1ccccc1. The minimum Gasteiger partial charge on any atom is -0.494 e. The number of rotatable bonds is 3. The van der Waals surface area contributed by atoms with Gasteiger partial charge in [-0.15, -0.1) is 0 Å². The maximum absolute atomic E-state index is 12.3. The highest BCUT2D eigenvalue weighted by molar-refractivity contribution is 7.71. The highest BCUT2D eigenvalue weighted by Gasteiger charge is 2.13. The van der Waals surface area contributed by atoms with Crippen LogP contribution in [-0.4, -0.2) is 14.7 Å². The first-order valence-corrected chi connectivity index (χ1v) is 8.34. The summed E-state index contributed by atoms with van der Waals surface area (Å²) < 4.78 is 1.51. The lowest BCUT2D eigenvalue weighted by molar-refractivity contribution is 0.432. The van der Waals surface area contributed by atoms with Crippen LogP contribution in [-0.2, 0) is 0 Å². The Morgan fingerprint density at radius 1 is 1.16 bits per heavy atom. The molecule has 126 valence electrons. The third kappa shape index (κ3) is 3.57. The fourth-order valence-corrected chi connectivity index (χ4v) is 2.91. The first-order valence-electron chi connectivity index (χ1n) is 7.55. The Labute approximate surface area is 154 Å². The van der Waals surface area contributed by atoms with Crippen LogP contribution >= 0.6 is 23.8 Å². The zero-order valence-corrected chi connectivity index (χ0v) is 14.9. The lowest BCUT2D eigenvalue weighted by Crippen LogP contribution is -2.16. The second-order valence-corrected chi connectivity index (χ2v) is 6.32. The molecule has 2 N–H and O–H groups in total. The summed E-state index contributed by atoms with van der Waals surface area (Å²) in [6.45, 7) is 1.88. The molecule has 0 atom stereocenters. The van der Waals surface area contributed by atoms with Gasteiger partial charge in [0, 0.05) is 5.02 Å². The van der Waals surface area contributed by atoms with Gasteiger partial charge in [-0.05, 0) is 60.6 Å². The lowest BCUT2D eigenvalue weighted by Gasteiger charge is -2.12. The zero-order chi connectivity index (χ0) is 18.0. The fraction of sp³-hybridized carbons (Fsp3) is 0.0526. The van der Waals surface area contributed by atoms with Gasteiger partial charge in [0.25, 0.3) is 5.56 Å². The number of allylic oxidation sites excluding steroid dienone is 1. The number of hydrogen-bond acceptors (Lipinski definition) is 3. The minimum atomic E-state index is -0.442. The van der Waals surface area contributed by atoms with Crippen molar-refractivity contribution in [1.29, 1.82) is 0 Å². The Kier molecular flexibility index (Phi) is 4.88. The highest BCUT2D eigenvalue weighted by atomic mass is 35.5. The average molecular weight is 371 g/mol. The van der Waals surface area contributed by atoms with E-state index in [4.69, 9.17) is 23.8 Å². The number of aromatic nitrogens is 2. The van der Waals surface area contributed by atoms with Crippen LogP contribution in [0.4, 0.5) is 0 Å². The first kappa shape index (κ1) is 17.2. The molecule has 0 radical (unpaired) electrons. The molecule has 0 fully saturated rings. The maximum Gasteiger partial charge on any atom is 0.262 e. The van der Waals surface area contributed by atoms with Gasteiger partial charge in [0.05, 0.1) is 5.69 Å². The fourth-order valence-electron chi connectivity index (χ4n) is 2.50. The second-order valence-electron chi connectivity index (χ2n) is 5.50. The van der Waals surface area contributed by atoms with E-state index in [1.54, 1.807) is 30.3 Å². The van der Waals surface area contributed by atoms with E-state index >= 15 is 0 Å². The summed E-state index contributed by atoms with van der Waals surface area (Å²) in [6, 6.07) is 16.4. The van der Waals surface area contributed by atoms with Gasteiger partial charge in [0.2, 0.25) is 5.88 Å². The van der Waals surface area contributed by atoms with E-state index in [0.717, 1.165) is 11.1 Å². The molecule has 4 nitrogen and oxygen atoms in total. The molecule has 0 bridgehead atoms. The number of H-pyrrole nitrogens is 1. The van der Waals surface area contributed by atoms with Crippen LogP contribution < -0.4 is 5.56 Å². The molecular formula is C19H15ClN2O2S. The Morgan fingerprint density at radius 2 is 1.80 bits per heavy atom. The molecule has 2 aromatic carbocycles. The summed E-state index contributed by atoms with van der Waals surface area (Å²) in [5, 5.41) is 11.2. The third-order valence-corrected chi connectivity index (χ3v) is 4.33. The summed E-state index contributed by atoms with van der Waals surface area (Å²) >= 11 is 11.1. The predicted octanol–water partition coefficient (Wildman–Crippen LogP) is 4.81. The molecule has 0 spiro atoms. The van der Waals surface area contributed by atoms with Crippen molar-refractivity contribution in [3.05, 3.63) is 85.9 Å². The van der Waals surface area contributed by atoms with Crippen molar-refractivity contribution < 1.29 is 5.11 Å². The molecular weight excluding hydrogens is 356 g/mol. The molecule has 1 aromatic heterocycles. The Hall–Kier alpha value is -2.63. The van der Waals surface area contributed by atoms with Crippen LogP contribution in [0.25, 0.3) is 17.3 Å². The van der Waals surface area contributed by atoms with E-state index in [9.17, 15) is 9.90 Å². The molecule has 0 aliphatic rings. The Morgan fingerprint density at radius 3 is 2.44 bits per heavy atom. The van der Waals surface area contributed by atoms with Crippen LogP contribution in [0.1, 0.15) is 18.1 Å². The van der Waals surface area contributed by atoms with Gasteiger partial charge in [-0.1, -0.05) is 41.9 Å². The van der Waals surface area contributed by atoms with Crippen LogP contribution in [0, 0.1) is 4.77 Å². The monoisotopic (exact) mass is 370 g/mol. The van der Waals surface area contributed by atoms with Gasteiger partial charge >= 0.3 is 0 Å². The van der Waals surface area contributed by atoms with E-state index < -0.39 is 5.56 Å².